The minimum atomic E-state index is -0.499. The molecule has 0 saturated heterocycles. The van der Waals surface area contributed by atoms with Crippen LogP contribution in [-0.4, -0.2) is 29.1 Å². The van der Waals surface area contributed by atoms with Gasteiger partial charge in [0.15, 0.2) is 0 Å². The summed E-state index contributed by atoms with van der Waals surface area (Å²) in [6.07, 6.45) is 1.27. The van der Waals surface area contributed by atoms with E-state index in [1.165, 1.54) is 6.20 Å². The number of pyridine rings is 1. The van der Waals surface area contributed by atoms with Gasteiger partial charge in [-0.3, -0.25) is 10.1 Å². The number of rotatable bonds is 8. The van der Waals surface area contributed by atoms with Crippen LogP contribution in [0.3, 0.4) is 0 Å². The molecule has 1 aromatic carbocycles. The molecule has 8 nitrogen and oxygen atoms in total. The minimum Gasteiger partial charge on any atom is -0.445 e. The predicted octanol–water partition coefficient (Wildman–Crippen LogP) is 3.48. The highest BCUT2D eigenvalue weighted by Crippen LogP contribution is 2.25. The first-order valence-corrected chi connectivity index (χ1v) is 8.34. The molecule has 0 fully saturated rings. The monoisotopic (exact) mass is 408 g/mol. The van der Waals surface area contributed by atoms with Crippen molar-refractivity contribution < 1.29 is 14.5 Å². The van der Waals surface area contributed by atoms with Crippen LogP contribution in [0.4, 0.5) is 16.2 Å². The van der Waals surface area contributed by atoms with Gasteiger partial charge in [0.25, 0.3) is 0 Å². The van der Waals surface area contributed by atoms with Crippen LogP contribution in [0.2, 0.25) is 0 Å². The predicted molar refractivity (Wildman–Crippen MR) is 96.3 cm³/mol. The fourth-order valence-electron chi connectivity index (χ4n) is 1.99. The zero-order valence-electron chi connectivity index (χ0n) is 13.3. The average Bonchev–Trinajstić information content (AvgIpc) is 2.60. The number of amides is 1. The Morgan fingerprint density at radius 1 is 1.28 bits per heavy atom. The van der Waals surface area contributed by atoms with Crippen molar-refractivity contribution in [1.29, 1.82) is 0 Å². The number of nitrogens with zero attached hydrogens (tertiary/aromatic N) is 2. The average molecular weight is 409 g/mol. The fourth-order valence-corrected chi connectivity index (χ4v) is 2.32. The Kier molecular flexibility index (Phi) is 7.15. The third-order valence-electron chi connectivity index (χ3n) is 3.20. The number of benzene rings is 1. The van der Waals surface area contributed by atoms with Gasteiger partial charge < -0.3 is 15.4 Å². The van der Waals surface area contributed by atoms with Crippen LogP contribution in [0, 0.1) is 10.1 Å². The molecule has 132 valence electrons. The summed E-state index contributed by atoms with van der Waals surface area (Å²) in [6.45, 7) is 1.05. The number of hydrogen-bond donors (Lipinski definition) is 2. The normalized spacial score (nSPS) is 10.1. The van der Waals surface area contributed by atoms with E-state index < -0.39 is 11.0 Å². The number of halogens is 1. The van der Waals surface area contributed by atoms with Crippen LogP contribution in [0.1, 0.15) is 12.0 Å². The van der Waals surface area contributed by atoms with E-state index in [1.807, 2.05) is 30.3 Å². The van der Waals surface area contributed by atoms with Crippen LogP contribution in [0.15, 0.2) is 47.2 Å². The van der Waals surface area contributed by atoms with Crippen molar-refractivity contribution in [2.24, 2.45) is 0 Å². The number of aromatic nitrogens is 1. The first kappa shape index (κ1) is 18.7. The summed E-state index contributed by atoms with van der Waals surface area (Å²) >= 11 is 3.18. The van der Waals surface area contributed by atoms with E-state index in [2.05, 4.69) is 31.5 Å². The van der Waals surface area contributed by atoms with E-state index in [0.29, 0.717) is 29.8 Å². The summed E-state index contributed by atoms with van der Waals surface area (Å²) < 4.78 is 5.59. The molecule has 0 aliphatic rings. The molecule has 0 unspecified atom stereocenters. The molecule has 2 N–H and O–H groups in total. The van der Waals surface area contributed by atoms with Crippen LogP contribution < -0.4 is 10.6 Å². The number of nitrogens with one attached hydrogen (secondary N) is 2. The molecule has 2 rings (SSSR count). The standard InChI is InChI=1S/C16H17BrN4O4/c17-15-9-13(14(10-20-15)21(23)24)18-7-4-8-19-16(22)25-11-12-5-2-1-3-6-12/h1-3,5-6,9-10H,4,7-8,11H2,(H,18,20)(H,19,22). The smallest absolute Gasteiger partial charge is 0.407 e. The molecule has 9 heteroatoms. The van der Waals surface area contributed by atoms with E-state index in [4.69, 9.17) is 4.74 Å². The Labute approximate surface area is 152 Å². The third kappa shape index (κ3) is 6.38. The van der Waals surface area contributed by atoms with Crippen molar-refractivity contribution in [2.45, 2.75) is 13.0 Å². The van der Waals surface area contributed by atoms with E-state index in [1.54, 1.807) is 6.07 Å². The lowest BCUT2D eigenvalue weighted by atomic mass is 10.2. The number of hydrogen-bond acceptors (Lipinski definition) is 6. The van der Waals surface area contributed by atoms with Gasteiger partial charge in [0, 0.05) is 19.2 Å². The maximum Gasteiger partial charge on any atom is 0.407 e. The topological polar surface area (TPSA) is 106 Å². The van der Waals surface area contributed by atoms with Gasteiger partial charge >= 0.3 is 11.8 Å². The Morgan fingerprint density at radius 3 is 2.76 bits per heavy atom. The third-order valence-corrected chi connectivity index (χ3v) is 3.63. The molecule has 25 heavy (non-hydrogen) atoms. The fraction of sp³-hybridized carbons (Fsp3) is 0.250. The molecule has 0 radical (unpaired) electrons. The van der Waals surface area contributed by atoms with E-state index in [-0.39, 0.29) is 12.3 Å². The van der Waals surface area contributed by atoms with Crippen molar-refractivity contribution >= 4 is 33.4 Å². The zero-order valence-corrected chi connectivity index (χ0v) is 14.9. The van der Waals surface area contributed by atoms with Crippen molar-refractivity contribution in [3.05, 3.63) is 62.9 Å². The molecule has 2 aromatic rings. The molecule has 1 heterocycles. The molecule has 1 aromatic heterocycles. The highest BCUT2D eigenvalue weighted by Gasteiger charge is 2.14. The van der Waals surface area contributed by atoms with Gasteiger partial charge in [-0.15, -0.1) is 0 Å². The summed E-state index contributed by atoms with van der Waals surface area (Å²) in [4.78, 5) is 25.9. The van der Waals surface area contributed by atoms with Crippen molar-refractivity contribution in [1.82, 2.24) is 10.3 Å². The number of anilines is 1. The first-order chi connectivity index (χ1) is 12.1. The minimum absolute atomic E-state index is 0.0987. The molecular weight excluding hydrogens is 392 g/mol. The van der Waals surface area contributed by atoms with Gasteiger partial charge in [0.1, 0.15) is 23.1 Å². The second kappa shape index (κ2) is 9.58. The number of alkyl carbamates (subject to hydrolysis) is 1. The first-order valence-electron chi connectivity index (χ1n) is 7.54. The molecule has 0 aliphatic carbocycles. The highest BCUT2D eigenvalue weighted by atomic mass is 79.9. The molecule has 0 saturated carbocycles. The van der Waals surface area contributed by atoms with Crippen molar-refractivity contribution in [3.63, 3.8) is 0 Å². The van der Waals surface area contributed by atoms with Gasteiger partial charge in [-0.1, -0.05) is 30.3 Å². The number of nitro groups is 1. The molecular formula is C16H17BrN4O4. The molecule has 0 spiro atoms. The van der Waals surface area contributed by atoms with Gasteiger partial charge in [0.05, 0.1) is 4.92 Å². The lowest BCUT2D eigenvalue weighted by Gasteiger charge is -2.09. The lowest BCUT2D eigenvalue weighted by Crippen LogP contribution is -2.26. The molecule has 0 aliphatic heterocycles. The number of carbonyl (C=O) groups excluding carboxylic acids is 1. The molecule has 0 bridgehead atoms. The van der Waals surface area contributed by atoms with E-state index >= 15 is 0 Å². The quantitative estimate of drug-likeness (QED) is 0.299. The summed E-state index contributed by atoms with van der Waals surface area (Å²) in [5.74, 6) is 0. The summed E-state index contributed by atoms with van der Waals surface area (Å²) in [7, 11) is 0. The van der Waals surface area contributed by atoms with Gasteiger partial charge in [-0.2, -0.15) is 0 Å². The van der Waals surface area contributed by atoms with Gasteiger partial charge in [0.2, 0.25) is 0 Å². The van der Waals surface area contributed by atoms with E-state index in [0.717, 1.165) is 5.56 Å². The Bertz CT molecular complexity index is 727. The van der Waals surface area contributed by atoms with Gasteiger partial charge in [-0.25, -0.2) is 9.78 Å². The van der Waals surface area contributed by atoms with Crippen molar-refractivity contribution in [2.75, 3.05) is 18.4 Å². The number of carbonyl (C=O) groups is 1. The second-order valence-electron chi connectivity index (χ2n) is 5.05. The Hall–Kier alpha value is -2.68. The second-order valence-corrected chi connectivity index (χ2v) is 5.86. The maximum absolute atomic E-state index is 11.6. The van der Waals surface area contributed by atoms with E-state index in [9.17, 15) is 14.9 Å². The Balaban J connectivity index is 1.67. The SMILES string of the molecule is O=C(NCCCNc1cc(Br)ncc1[N+](=O)[O-])OCc1ccccc1. The Morgan fingerprint density at radius 2 is 2.04 bits per heavy atom. The summed E-state index contributed by atoms with van der Waals surface area (Å²) in [5.41, 5.74) is 1.19. The van der Waals surface area contributed by atoms with Crippen LogP contribution in [0.5, 0.6) is 0 Å². The van der Waals surface area contributed by atoms with Crippen LogP contribution in [0.25, 0.3) is 0 Å². The lowest BCUT2D eigenvalue weighted by molar-refractivity contribution is -0.384. The molecule has 1 amide bonds. The summed E-state index contributed by atoms with van der Waals surface area (Å²) in [5, 5.41) is 16.5. The van der Waals surface area contributed by atoms with Crippen LogP contribution in [-0.2, 0) is 11.3 Å². The highest BCUT2D eigenvalue weighted by molar-refractivity contribution is 9.10. The van der Waals surface area contributed by atoms with Gasteiger partial charge in [-0.05, 0) is 27.9 Å². The zero-order chi connectivity index (χ0) is 18.1. The summed E-state index contributed by atoms with van der Waals surface area (Å²) in [6, 6.07) is 10.9. The maximum atomic E-state index is 11.6. The van der Waals surface area contributed by atoms with Crippen molar-refractivity contribution in [3.8, 4) is 0 Å². The molecule has 0 atom stereocenters. The number of ether oxygens (including phenoxy) is 1. The van der Waals surface area contributed by atoms with Crippen LogP contribution >= 0.6 is 15.9 Å². The largest absolute Gasteiger partial charge is 0.445 e.